The van der Waals surface area contributed by atoms with Crippen molar-refractivity contribution in [3.8, 4) is 0 Å². The summed E-state index contributed by atoms with van der Waals surface area (Å²) in [5, 5.41) is 5.35. The van der Waals surface area contributed by atoms with Gasteiger partial charge in [-0.2, -0.15) is 0 Å². The highest BCUT2D eigenvalue weighted by Gasteiger charge is 2.43. The number of carbonyl (C=O) groups is 3. The third-order valence-corrected chi connectivity index (χ3v) is 9.40. The predicted molar refractivity (Wildman–Crippen MR) is 153 cm³/mol. The van der Waals surface area contributed by atoms with E-state index in [9.17, 15) is 27.2 Å². The van der Waals surface area contributed by atoms with Gasteiger partial charge in [0.15, 0.2) is 6.29 Å². The second-order valence-corrected chi connectivity index (χ2v) is 13.4. The molecule has 2 fully saturated rings. The number of hydrogen-bond acceptors (Lipinski definition) is 7. The molecule has 10 nitrogen and oxygen atoms in total. The number of carbonyl (C=O) groups excluding carboxylic acids is 3. The van der Waals surface area contributed by atoms with Gasteiger partial charge in [-0.3, -0.25) is 14.4 Å². The van der Waals surface area contributed by atoms with Crippen LogP contribution in [-0.4, -0.2) is 69.2 Å². The van der Waals surface area contributed by atoms with E-state index in [1.54, 1.807) is 6.07 Å². The Hall–Kier alpha value is -3.19. The van der Waals surface area contributed by atoms with Crippen molar-refractivity contribution >= 4 is 27.6 Å². The minimum Gasteiger partial charge on any atom is -0.353 e. The molecule has 2 atom stereocenters. The molecule has 1 unspecified atom stereocenters. The number of nitrogens with zero attached hydrogens (tertiary/aromatic N) is 1. The zero-order chi connectivity index (χ0) is 30.3. The molecule has 0 spiro atoms. The van der Waals surface area contributed by atoms with Crippen molar-refractivity contribution in [3.05, 3.63) is 71.5 Å². The molecular weight excluding hydrogens is 565 g/mol. The second kappa shape index (κ2) is 13.9. The molecule has 2 aromatic carbocycles. The molecule has 42 heavy (non-hydrogen) atoms. The standard InChI is InChI=1S/C30H38FN3O7S/c1-30(2)20-40-29(23-8-4-3-5-9-23)41-26(30)28(37)32-14-11-25(35)27(36)33-18-21-12-15-34(16-13-21)42(38,39)19-22-7-6-10-24(31)17-22/h3-10,17,21,26,29H,11-16,18-20H2,1-2H3,(H,32,37)(H,33,36)/t26?,29-/m1/s1. The Balaban J connectivity index is 1.16. The number of benzene rings is 2. The van der Waals surface area contributed by atoms with Gasteiger partial charge < -0.3 is 20.1 Å². The van der Waals surface area contributed by atoms with Crippen molar-refractivity contribution in [2.24, 2.45) is 11.3 Å². The maximum absolute atomic E-state index is 13.4. The van der Waals surface area contributed by atoms with E-state index in [-0.39, 0.29) is 50.2 Å². The van der Waals surface area contributed by atoms with Gasteiger partial charge in [-0.05, 0) is 36.5 Å². The van der Waals surface area contributed by atoms with Crippen molar-refractivity contribution in [2.75, 3.05) is 32.8 Å². The number of piperidine rings is 1. The van der Waals surface area contributed by atoms with Crippen LogP contribution in [0.3, 0.4) is 0 Å². The molecule has 2 aliphatic rings. The van der Waals surface area contributed by atoms with Crippen molar-refractivity contribution in [2.45, 2.75) is 51.3 Å². The molecule has 2 aliphatic heterocycles. The molecule has 2 saturated heterocycles. The second-order valence-electron chi connectivity index (χ2n) is 11.5. The van der Waals surface area contributed by atoms with Crippen LogP contribution in [0.1, 0.15) is 50.5 Å². The van der Waals surface area contributed by atoms with Crippen LogP contribution in [0.25, 0.3) is 0 Å². The van der Waals surface area contributed by atoms with E-state index in [4.69, 9.17) is 9.47 Å². The normalized spacial score (nSPS) is 21.4. The van der Waals surface area contributed by atoms with Gasteiger partial charge in [-0.15, -0.1) is 0 Å². The van der Waals surface area contributed by atoms with Crippen LogP contribution >= 0.6 is 0 Å². The molecule has 0 radical (unpaired) electrons. The van der Waals surface area contributed by atoms with E-state index in [0.717, 1.165) is 5.56 Å². The fraction of sp³-hybridized carbons (Fsp3) is 0.500. The first kappa shape index (κ1) is 31.7. The van der Waals surface area contributed by atoms with E-state index in [1.807, 2.05) is 44.2 Å². The summed E-state index contributed by atoms with van der Waals surface area (Å²) >= 11 is 0. The molecule has 0 aromatic heterocycles. The lowest BCUT2D eigenvalue weighted by Crippen LogP contribution is -2.52. The van der Waals surface area contributed by atoms with Gasteiger partial charge in [0.25, 0.3) is 5.91 Å². The Bertz CT molecular complexity index is 1360. The predicted octanol–water partition coefficient (Wildman–Crippen LogP) is 2.70. The van der Waals surface area contributed by atoms with Crippen LogP contribution in [-0.2, 0) is 39.6 Å². The van der Waals surface area contributed by atoms with Crippen LogP contribution < -0.4 is 10.6 Å². The third kappa shape index (κ3) is 8.43. The molecule has 12 heteroatoms. The number of nitrogens with one attached hydrogen (secondary N) is 2. The first-order valence-electron chi connectivity index (χ1n) is 14.1. The molecular formula is C30H38FN3O7S. The largest absolute Gasteiger partial charge is 0.353 e. The van der Waals surface area contributed by atoms with E-state index in [2.05, 4.69) is 10.6 Å². The molecule has 0 saturated carbocycles. The molecule has 2 amide bonds. The molecule has 228 valence electrons. The maximum atomic E-state index is 13.4. The molecule has 2 N–H and O–H groups in total. The Kier molecular flexibility index (Phi) is 10.5. The summed E-state index contributed by atoms with van der Waals surface area (Å²) in [7, 11) is -3.60. The van der Waals surface area contributed by atoms with Gasteiger partial charge in [0, 0.05) is 43.6 Å². The topological polar surface area (TPSA) is 131 Å². The van der Waals surface area contributed by atoms with E-state index in [1.165, 1.54) is 22.5 Å². The molecule has 4 rings (SSSR count). The fourth-order valence-corrected chi connectivity index (χ4v) is 6.63. The monoisotopic (exact) mass is 603 g/mol. The van der Waals surface area contributed by atoms with Gasteiger partial charge >= 0.3 is 0 Å². The van der Waals surface area contributed by atoms with Crippen LogP contribution in [0.2, 0.25) is 0 Å². The first-order chi connectivity index (χ1) is 19.9. The van der Waals surface area contributed by atoms with Gasteiger partial charge in [0.2, 0.25) is 21.7 Å². The van der Waals surface area contributed by atoms with Crippen molar-refractivity contribution in [1.29, 1.82) is 0 Å². The number of rotatable bonds is 11. The number of Topliss-reactive ketones (excluding diaryl/α,β-unsaturated/α-hetero) is 1. The third-order valence-electron chi connectivity index (χ3n) is 7.55. The van der Waals surface area contributed by atoms with E-state index >= 15 is 0 Å². The highest BCUT2D eigenvalue weighted by molar-refractivity contribution is 7.88. The van der Waals surface area contributed by atoms with Crippen LogP contribution in [0.5, 0.6) is 0 Å². The Morgan fingerprint density at radius 3 is 2.43 bits per heavy atom. The molecule has 0 aliphatic carbocycles. The summed E-state index contributed by atoms with van der Waals surface area (Å²) in [6.45, 7) is 4.84. The van der Waals surface area contributed by atoms with Gasteiger partial charge in [-0.25, -0.2) is 17.1 Å². The number of ether oxygens (including phenoxy) is 2. The zero-order valence-corrected chi connectivity index (χ0v) is 24.7. The lowest BCUT2D eigenvalue weighted by atomic mass is 9.85. The minimum absolute atomic E-state index is 0.0144. The van der Waals surface area contributed by atoms with Crippen LogP contribution in [0.4, 0.5) is 4.39 Å². The number of amides is 2. The summed E-state index contributed by atoms with van der Waals surface area (Å²) in [6, 6.07) is 14.8. The number of ketones is 1. The quantitative estimate of drug-likeness (QED) is 0.378. The number of halogens is 1. The fourth-order valence-electron chi connectivity index (χ4n) is 5.08. The molecule has 2 aromatic rings. The van der Waals surface area contributed by atoms with Crippen LogP contribution in [0.15, 0.2) is 54.6 Å². The minimum atomic E-state index is -3.60. The van der Waals surface area contributed by atoms with Gasteiger partial charge in [0.05, 0.1) is 12.4 Å². The maximum Gasteiger partial charge on any atom is 0.287 e. The van der Waals surface area contributed by atoms with E-state index in [0.29, 0.717) is 25.0 Å². The SMILES string of the molecule is CC1(C)CO[C@@H](c2ccccc2)OC1C(=O)NCCC(=O)C(=O)NCC1CCN(S(=O)(=O)Cc2cccc(F)c2)CC1. The lowest BCUT2D eigenvalue weighted by molar-refractivity contribution is -0.258. The average Bonchev–Trinajstić information content (AvgIpc) is 2.96. The number of sulfonamides is 1. The zero-order valence-electron chi connectivity index (χ0n) is 23.9. The van der Waals surface area contributed by atoms with Gasteiger partial charge in [-0.1, -0.05) is 56.3 Å². The van der Waals surface area contributed by atoms with Gasteiger partial charge in [0.1, 0.15) is 11.9 Å². The Labute approximate surface area is 246 Å². The molecule has 2 heterocycles. The van der Waals surface area contributed by atoms with Crippen molar-refractivity contribution in [1.82, 2.24) is 14.9 Å². The number of hydrogen-bond donors (Lipinski definition) is 2. The summed E-state index contributed by atoms with van der Waals surface area (Å²) in [5.74, 6) is -2.51. The van der Waals surface area contributed by atoms with E-state index < -0.39 is 45.3 Å². The first-order valence-corrected chi connectivity index (χ1v) is 15.7. The average molecular weight is 604 g/mol. The summed E-state index contributed by atoms with van der Waals surface area (Å²) in [5.41, 5.74) is 0.596. The van der Waals surface area contributed by atoms with Crippen molar-refractivity contribution < 1.29 is 36.7 Å². The summed E-state index contributed by atoms with van der Waals surface area (Å²) < 4.78 is 52.1. The lowest BCUT2D eigenvalue weighted by Gasteiger charge is -2.41. The van der Waals surface area contributed by atoms with Crippen LogP contribution in [0, 0.1) is 17.2 Å². The Morgan fingerprint density at radius 2 is 1.74 bits per heavy atom. The molecule has 0 bridgehead atoms. The smallest absolute Gasteiger partial charge is 0.287 e. The summed E-state index contributed by atoms with van der Waals surface area (Å²) in [4.78, 5) is 37.7. The van der Waals surface area contributed by atoms with Crippen molar-refractivity contribution in [3.63, 3.8) is 0 Å². The highest BCUT2D eigenvalue weighted by atomic mass is 32.2. The summed E-state index contributed by atoms with van der Waals surface area (Å²) in [6.07, 6.45) is -0.595. The highest BCUT2D eigenvalue weighted by Crippen LogP contribution is 2.36. The Morgan fingerprint density at radius 1 is 1.02 bits per heavy atom.